The molecule has 1 aliphatic rings. The van der Waals surface area contributed by atoms with Gasteiger partial charge in [0.2, 0.25) is 0 Å². The quantitative estimate of drug-likeness (QED) is 0.261. The van der Waals surface area contributed by atoms with Gasteiger partial charge < -0.3 is 0 Å². The zero-order valence-electron chi connectivity index (χ0n) is 14.3. The number of hydrogen-bond acceptors (Lipinski definition) is 9. The number of nitrogens with zero attached hydrogens (tertiary/aromatic N) is 5. The van der Waals surface area contributed by atoms with E-state index in [1.54, 1.807) is 18.2 Å². The average molecular weight is 451 g/mol. The van der Waals surface area contributed by atoms with E-state index in [0.29, 0.717) is 20.9 Å². The van der Waals surface area contributed by atoms with Crippen molar-refractivity contribution in [3.05, 3.63) is 47.0 Å². The average Bonchev–Trinajstić information content (AvgIpc) is 3.23. The van der Waals surface area contributed by atoms with Crippen molar-refractivity contribution in [3.63, 3.8) is 0 Å². The van der Waals surface area contributed by atoms with Crippen LogP contribution in [0.3, 0.4) is 0 Å². The number of anilines is 1. The molecule has 1 saturated heterocycles. The summed E-state index contributed by atoms with van der Waals surface area (Å²) in [5.74, 6) is 0.202. The Balaban J connectivity index is 1.54. The van der Waals surface area contributed by atoms with Gasteiger partial charge in [-0.1, -0.05) is 0 Å². The minimum atomic E-state index is -1.21. The predicted molar refractivity (Wildman–Crippen MR) is 99.0 cm³/mol. The minimum absolute atomic E-state index is 0.0415. The Bertz CT molecular complexity index is 1030. The first-order valence-corrected chi connectivity index (χ1v) is 10.3. The van der Waals surface area contributed by atoms with Gasteiger partial charge in [0.15, 0.2) is 0 Å². The molecule has 1 aliphatic heterocycles. The Hall–Kier alpha value is -2.63. The van der Waals surface area contributed by atoms with Crippen LogP contribution in [0.15, 0.2) is 36.9 Å². The predicted octanol–water partition coefficient (Wildman–Crippen LogP) is -0.616. The van der Waals surface area contributed by atoms with Gasteiger partial charge in [0, 0.05) is 0 Å². The van der Waals surface area contributed by atoms with Gasteiger partial charge in [-0.05, 0) is 0 Å². The molecule has 0 unspecified atom stereocenters. The summed E-state index contributed by atoms with van der Waals surface area (Å²) >= 11 is -0.326. The van der Waals surface area contributed by atoms with E-state index in [1.807, 2.05) is 0 Å². The van der Waals surface area contributed by atoms with Crippen LogP contribution in [0.1, 0.15) is 6.23 Å². The van der Waals surface area contributed by atoms with Gasteiger partial charge in [-0.3, -0.25) is 0 Å². The molecule has 0 aliphatic carbocycles. The number of rotatable bonds is 5. The fourth-order valence-electron chi connectivity index (χ4n) is 3.05. The number of nitro groups is 1. The number of nitrogens with two attached hydrogens (primary N) is 1. The van der Waals surface area contributed by atoms with Crippen LogP contribution in [-0.4, -0.2) is 67.9 Å². The normalized spacial score (nSPS) is 24.6. The molecule has 12 heteroatoms. The second-order valence-electron chi connectivity index (χ2n) is 6.17. The molecular formula is C16H16N6O5Se. The van der Waals surface area contributed by atoms with Crippen molar-refractivity contribution < 1.29 is 19.9 Å². The van der Waals surface area contributed by atoms with Crippen LogP contribution in [0.4, 0.5) is 11.5 Å². The molecule has 28 heavy (non-hydrogen) atoms. The SMILES string of the molecule is Nc1ncnc2c1ncn2[C@@H]1O[C@H](C[Se]c2ccccc2[N+](=O)[O-])[C@@H](O)[C@H]1O. The number of para-hydroxylation sites is 1. The maximum absolute atomic E-state index is 11.2. The zero-order valence-corrected chi connectivity index (χ0v) is 16.0. The van der Waals surface area contributed by atoms with Gasteiger partial charge in [0.1, 0.15) is 0 Å². The topological polar surface area (TPSA) is 162 Å². The zero-order chi connectivity index (χ0) is 19.8. The number of aromatic nitrogens is 4. The molecule has 3 heterocycles. The number of fused-ring (bicyclic) bond motifs is 1. The summed E-state index contributed by atoms with van der Waals surface area (Å²) in [6.07, 6.45) is -1.24. The van der Waals surface area contributed by atoms with Crippen LogP contribution in [-0.2, 0) is 4.74 Å². The van der Waals surface area contributed by atoms with Crippen LogP contribution < -0.4 is 10.2 Å². The fraction of sp³-hybridized carbons (Fsp3) is 0.312. The summed E-state index contributed by atoms with van der Waals surface area (Å²) in [4.78, 5) is 22.9. The summed E-state index contributed by atoms with van der Waals surface area (Å²) in [7, 11) is 0. The van der Waals surface area contributed by atoms with E-state index in [4.69, 9.17) is 10.5 Å². The molecule has 1 aromatic carbocycles. The van der Waals surface area contributed by atoms with Crippen molar-refractivity contribution in [3.8, 4) is 0 Å². The van der Waals surface area contributed by atoms with Crippen molar-refractivity contribution in [2.45, 2.75) is 29.9 Å². The molecule has 11 nitrogen and oxygen atoms in total. The van der Waals surface area contributed by atoms with Crippen molar-refractivity contribution >= 4 is 42.1 Å². The van der Waals surface area contributed by atoms with E-state index < -0.39 is 29.5 Å². The second kappa shape index (κ2) is 7.41. The van der Waals surface area contributed by atoms with Crippen LogP contribution in [0.2, 0.25) is 5.32 Å². The Labute approximate surface area is 164 Å². The first kappa shape index (κ1) is 18.7. The van der Waals surface area contributed by atoms with Crippen LogP contribution in [0.5, 0.6) is 0 Å². The van der Waals surface area contributed by atoms with Crippen molar-refractivity contribution in [2.24, 2.45) is 0 Å². The molecular weight excluding hydrogens is 435 g/mol. The summed E-state index contributed by atoms with van der Waals surface area (Å²) in [5, 5.41) is 32.4. The Morgan fingerprint density at radius 3 is 2.82 bits per heavy atom. The van der Waals surface area contributed by atoms with E-state index >= 15 is 0 Å². The number of nitro benzene ring substituents is 1. The molecule has 146 valence electrons. The first-order chi connectivity index (χ1) is 13.5. The third-order valence-corrected chi connectivity index (χ3v) is 6.88. The van der Waals surface area contributed by atoms with Gasteiger partial charge in [-0.2, -0.15) is 0 Å². The van der Waals surface area contributed by atoms with Crippen molar-refractivity contribution in [2.75, 3.05) is 5.73 Å². The van der Waals surface area contributed by atoms with Gasteiger partial charge in [-0.15, -0.1) is 0 Å². The number of benzene rings is 1. The Morgan fingerprint density at radius 1 is 1.25 bits per heavy atom. The molecule has 0 spiro atoms. The summed E-state index contributed by atoms with van der Waals surface area (Å²) < 4.78 is 7.97. The Kier molecular flexibility index (Phi) is 4.96. The second-order valence-corrected chi connectivity index (χ2v) is 8.39. The molecule has 4 N–H and O–H groups in total. The van der Waals surface area contributed by atoms with E-state index in [9.17, 15) is 20.3 Å². The third-order valence-electron chi connectivity index (χ3n) is 4.46. The van der Waals surface area contributed by atoms with Gasteiger partial charge in [0.25, 0.3) is 0 Å². The van der Waals surface area contributed by atoms with Gasteiger partial charge in [-0.25, -0.2) is 0 Å². The number of aliphatic hydroxyl groups excluding tert-OH is 2. The van der Waals surface area contributed by atoms with E-state index in [0.717, 1.165) is 0 Å². The molecule has 3 aromatic rings. The van der Waals surface area contributed by atoms with Crippen LogP contribution >= 0.6 is 0 Å². The van der Waals surface area contributed by atoms with Crippen molar-refractivity contribution in [1.82, 2.24) is 19.5 Å². The van der Waals surface area contributed by atoms with E-state index in [2.05, 4.69) is 15.0 Å². The van der Waals surface area contributed by atoms with E-state index in [-0.39, 0.29) is 26.5 Å². The van der Waals surface area contributed by atoms with Crippen molar-refractivity contribution in [1.29, 1.82) is 0 Å². The molecule has 0 amide bonds. The number of hydrogen-bond donors (Lipinski definition) is 3. The standard InChI is InChI=1S/C16H16N6O5Se/c17-14-11-15(19-6-18-14)21(7-20-11)16-13(24)12(23)9(27-16)5-28-10-4-2-1-3-8(10)22(25)26/h1-4,6-7,9,12-13,16,23-24H,5H2,(H2,17,18,19)/t9-,12-,13-,16-/m1/s1. The molecule has 1 fully saturated rings. The van der Waals surface area contributed by atoms with Crippen LogP contribution in [0.25, 0.3) is 11.2 Å². The van der Waals surface area contributed by atoms with Gasteiger partial charge in [0.05, 0.1) is 0 Å². The molecule has 4 rings (SSSR count). The van der Waals surface area contributed by atoms with Gasteiger partial charge >= 0.3 is 164 Å². The number of ether oxygens (including phenoxy) is 1. The van der Waals surface area contributed by atoms with Crippen LogP contribution in [0, 0.1) is 10.1 Å². The maximum atomic E-state index is 11.2. The monoisotopic (exact) mass is 452 g/mol. The Morgan fingerprint density at radius 2 is 2.04 bits per heavy atom. The molecule has 2 aromatic heterocycles. The molecule has 0 saturated carbocycles. The molecule has 4 atom stereocenters. The third kappa shape index (κ3) is 3.21. The fourth-order valence-corrected chi connectivity index (χ4v) is 5.33. The van der Waals surface area contributed by atoms with E-state index in [1.165, 1.54) is 23.3 Å². The number of aliphatic hydroxyl groups is 2. The molecule has 0 bridgehead atoms. The summed E-state index contributed by atoms with van der Waals surface area (Å²) in [6, 6.07) is 6.48. The summed E-state index contributed by atoms with van der Waals surface area (Å²) in [5.41, 5.74) is 6.58. The summed E-state index contributed by atoms with van der Waals surface area (Å²) in [6.45, 7) is 0. The first-order valence-electron chi connectivity index (χ1n) is 8.28. The number of imidazole rings is 1. The molecule has 0 radical (unpaired) electrons. The number of nitrogen functional groups attached to an aromatic ring is 1.